The zero-order chi connectivity index (χ0) is 22.3. The van der Waals surface area contributed by atoms with E-state index in [-0.39, 0.29) is 40.0 Å². The molecule has 3 aromatic rings. The Labute approximate surface area is 180 Å². The number of anilines is 1. The summed E-state index contributed by atoms with van der Waals surface area (Å²) in [7, 11) is 2.79. The number of aromatic hydroxyl groups is 1. The summed E-state index contributed by atoms with van der Waals surface area (Å²) in [5.41, 5.74) is 1.59. The highest BCUT2D eigenvalue weighted by Crippen LogP contribution is 2.51. The number of phenolic OH excluding ortho intramolecular Hbond substituents is 1. The molecule has 1 aliphatic heterocycles. The molecule has 0 radical (unpaired) electrons. The van der Waals surface area contributed by atoms with Gasteiger partial charge in [0.15, 0.2) is 11.5 Å². The van der Waals surface area contributed by atoms with Gasteiger partial charge in [-0.2, -0.15) is 0 Å². The lowest BCUT2D eigenvalue weighted by atomic mass is 9.88. The summed E-state index contributed by atoms with van der Waals surface area (Å²) in [4.78, 5) is 25.2. The van der Waals surface area contributed by atoms with Crippen LogP contribution in [0, 0.1) is 5.82 Å². The number of carbonyl (C=O) groups is 2. The van der Waals surface area contributed by atoms with E-state index < -0.39 is 17.7 Å². The standard InChI is InChI=1S/C22H18FNO6S/c1-29-14-7-11(8-15(30-2)19(14)26)13-9-16(25)24-18-17(10-4-3-5-12(23)6-10)21(22(27)28)31-20(13)18/h3-8,13,26H,9H2,1-2H3,(H,24,25)(H,27,28)/t13-/m0/s1. The lowest BCUT2D eigenvalue weighted by Gasteiger charge is -2.25. The Kier molecular flexibility index (Phi) is 5.28. The maximum Gasteiger partial charge on any atom is 0.346 e. The molecule has 1 atom stereocenters. The molecule has 160 valence electrons. The van der Waals surface area contributed by atoms with Crippen molar-refractivity contribution in [3.05, 3.63) is 57.5 Å². The molecule has 0 fully saturated rings. The molecule has 4 rings (SSSR count). The van der Waals surface area contributed by atoms with Crippen LogP contribution in [0.4, 0.5) is 10.1 Å². The molecule has 0 aliphatic carbocycles. The van der Waals surface area contributed by atoms with E-state index in [0.29, 0.717) is 21.7 Å². The van der Waals surface area contributed by atoms with Crippen molar-refractivity contribution < 1.29 is 33.7 Å². The van der Waals surface area contributed by atoms with Crippen molar-refractivity contribution >= 4 is 28.9 Å². The maximum absolute atomic E-state index is 13.9. The molecular formula is C22H18FNO6S. The summed E-state index contributed by atoms with van der Waals surface area (Å²) in [5, 5.41) is 22.8. The van der Waals surface area contributed by atoms with Crippen molar-refractivity contribution in [2.75, 3.05) is 19.5 Å². The van der Waals surface area contributed by atoms with Crippen molar-refractivity contribution in [3.63, 3.8) is 0 Å². The fourth-order valence-electron chi connectivity index (χ4n) is 3.74. The summed E-state index contributed by atoms with van der Waals surface area (Å²) in [6.07, 6.45) is 0.0618. The SMILES string of the molecule is COc1cc([C@@H]2CC(=O)Nc3c2sc(C(=O)O)c3-c2cccc(F)c2)cc(OC)c1O. The summed E-state index contributed by atoms with van der Waals surface area (Å²) < 4.78 is 24.3. The van der Waals surface area contributed by atoms with Gasteiger partial charge < -0.3 is 25.0 Å². The topological polar surface area (TPSA) is 105 Å². The van der Waals surface area contributed by atoms with Crippen LogP contribution in [0.15, 0.2) is 36.4 Å². The molecule has 0 spiro atoms. The second-order valence-corrected chi connectivity index (χ2v) is 7.99. The van der Waals surface area contributed by atoms with Gasteiger partial charge in [0.05, 0.1) is 19.9 Å². The molecule has 0 saturated carbocycles. The molecule has 2 aromatic carbocycles. The number of halogens is 1. The number of thiophene rings is 1. The van der Waals surface area contributed by atoms with Gasteiger partial charge in [0, 0.05) is 22.8 Å². The number of aromatic carboxylic acids is 1. The molecule has 1 aliphatic rings. The van der Waals surface area contributed by atoms with Crippen LogP contribution in [-0.4, -0.2) is 36.3 Å². The number of rotatable bonds is 5. The Bertz CT molecular complexity index is 1180. The van der Waals surface area contributed by atoms with Gasteiger partial charge in [0.2, 0.25) is 11.7 Å². The van der Waals surface area contributed by atoms with E-state index in [1.165, 1.54) is 32.4 Å². The molecule has 31 heavy (non-hydrogen) atoms. The van der Waals surface area contributed by atoms with E-state index in [9.17, 15) is 24.2 Å². The normalized spacial score (nSPS) is 15.2. The second kappa shape index (κ2) is 7.92. The Morgan fingerprint density at radius 3 is 2.45 bits per heavy atom. The maximum atomic E-state index is 13.9. The number of fused-ring (bicyclic) bond motifs is 1. The number of ether oxygens (including phenoxy) is 2. The van der Waals surface area contributed by atoms with Gasteiger partial charge in [-0.25, -0.2) is 9.18 Å². The van der Waals surface area contributed by atoms with Gasteiger partial charge in [0.1, 0.15) is 10.7 Å². The van der Waals surface area contributed by atoms with Gasteiger partial charge in [-0.05, 0) is 35.4 Å². The minimum atomic E-state index is -1.17. The Hall–Kier alpha value is -3.59. The number of hydrogen-bond acceptors (Lipinski definition) is 6. The summed E-state index contributed by atoms with van der Waals surface area (Å²) in [6.45, 7) is 0. The molecule has 1 amide bonds. The molecule has 3 N–H and O–H groups in total. The monoisotopic (exact) mass is 443 g/mol. The first-order chi connectivity index (χ1) is 14.8. The molecule has 9 heteroatoms. The highest BCUT2D eigenvalue weighted by Gasteiger charge is 2.35. The van der Waals surface area contributed by atoms with Gasteiger partial charge in [-0.15, -0.1) is 11.3 Å². The molecule has 0 unspecified atom stereocenters. The second-order valence-electron chi connectivity index (χ2n) is 6.94. The van der Waals surface area contributed by atoms with Gasteiger partial charge in [-0.1, -0.05) is 12.1 Å². The minimum absolute atomic E-state index is 0.000471. The van der Waals surface area contributed by atoms with Crippen molar-refractivity contribution in [2.24, 2.45) is 0 Å². The summed E-state index contributed by atoms with van der Waals surface area (Å²) >= 11 is 1.03. The van der Waals surface area contributed by atoms with Crippen LogP contribution in [0.1, 0.15) is 32.5 Å². The number of nitrogens with one attached hydrogen (secondary N) is 1. The number of carbonyl (C=O) groups excluding carboxylic acids is 1. The first kappa shape index (κ1) is 20.7. The molecule has 0 saturated heterocycles. The predicted octanol–water partition coefficient (Wildman–Crippen LogP) is 4.45. The van der Waals surface area contributed by atoms with E-state index >= 15 is 0 Å². The number of carboxylic acid groups (broad SMARTS) is 1. The van der Waals surface area contributed by atoms with Crippen molar-refractivity contribution in [3.8, 4) is 28.4 Å². The van der Waals surface area contributed by atoms with E-state index in [1.54, 1.807) is 18.2 Å². The van der Waals surface area contributed by atoms with E-state index in [0.717, 1.165) is 11.3 Å². The van der Waals surface area contributed by atoms with Crippen molar-refractivity contribution in [2.45, 2.75) is 12.3 Å². The van der Waals surface area contributed by atoms with E-state index in [1.807, 2.05) is 0 Å². The molecule has 1 aromatic heterocycles. The molecule has 0 bridgehead atoms. The van der Waals surface area contributed by atoms with Crippen LogP contribution >= 0.6 is 11.3 Å². The van der Waals surface area contributed by atoms with Gasteiger partial charge in [0.25, 0.3) is 0 Å². The molecule has 2 heterocycles. The molecular weight excluding hydrogens is 425 g/mol. The van der Waals surface area contributed by atoms with Crippen molar-refractivity contribution in [1.29, 1.82) is 0 Å². The van der Waals surface area contributed by atoms with Crippen molar-refractivity contribution in [1.82, 2.24) is 0 Å². The average Bonchev–Trinajstić information content (AvgIpc) is 3.13. The van der Waals surface area contributed by atoms with E-state index in [4.69, 9.17) is 9.47 Å². The highest BCUT2D eigenvalue weighted by atomic mass is 32.1. The zero-order valence-electron chi connectivity index (χ0n) is 16.6. The Morgan fingerprint density at radius 1 is 1.19 bits per heavy atom. The third kappa shape index (κ3) is 3.57. The van der Waals surface area contributed by atoms with Crippen LogP contribution in [0.25, 0.3) is 11.1 Å². The Morgan fingerprint density at radius 2 is 1.87 bits per heavy atom. The predicted molar refractivity (Wildman–Crippen MR) is 113 cm³/mol. The van der Waals surface area contributed by atoms with Gasteiger partial charge >= 0.3 is 5.97 Å². The quantitative estimate of drug-likeness (QED) is 0.538. The third-order valence-corrected chi connectivity index (χ3v) is 6.41. The smallest absolute Gasteiger partial charge is 0.346 e. The van der Waals surface area contributed by atoms with Crippen LogP contribution in [0.2, 0.25) is 0 Å². The number of amides is 1. The number of phenols is 1. The van der Waals surface area contributed by atoms with E-state index in [2.05, 4.69) is 5.32 Å². The number of methoxy groups -OCH3 is 2. The number of benzene rings is 2. The Balaban J connectivity index is 1.95. The summed E-state index contributed by atoms with van der Waals surface area (Å²) in [6, 6.07) is 8.76. The first-order valence-electron chi connectivity index (χ1n) is 9.24. The van der Waals surface area contributed by atoms with Crippen LogP contribution in [0.5, 0.6) is 17.2 Å². The highest BCUT2D eigenvalue weighted by molar-refractivity contribution is 7.15. The number of carboxylic acids is 1. The average molecular weight is 443 g/mol. The minimum Gasteiger partial charge on any atom is -0.502 e. The zero-order valence-corrected chi connectivity index (χ0v) is 17.4. The molecule has 7 nitrogen and oxygen atoms in total. The van der Waals surface area contributed by atoms with Crippen LogP contribution < -0.4 is 14.8 Å². The van der Waals surface area contributed by atoms with Crippen LogP contribution in [0.3, 0.4) is 0 Å². The largest absolute Gasteiger partial charge is 0.502 e. The van der Waals surface area contributed by atoms with Crippen LogP contribution in [-0.2, 0) is 4.79 Å². The fraction of sp³-hybridized carbons (Fsp3) is 0.182. The van der Waals surface area contributed by atoms with Gasteiger partial charge in [-0.3, -0.25) is 4.79 Å². The summed E-state index contributed by atoms with van der Waals surface area (Å²) in [5.74, 6) is -2.34. The lowest BCUT2D eigenvalue weighted by molar-refractivity contribution is -0.116. The fourth-order valence-corrected chi connectivity index (χ4v) is 4.99. The number of hydrogen-bond donors (Lipinski definition) is 3. The lowest BCUT2D eigenvalue weighted by Crippen LogP contribution is -2.22. The third-order valence-electron chi connectivity index (χ3n) is 5.12. The first-order valence-corrected chi connectivity index (χ1v) is 10.1.